The summed E-state index contributed by atoms with van der Waals surface area (Å²) in [6.45, 7) is 0. The first-order valence-electron chi connectivity index (χ1n) is 18.8. The summed E-state index contributed by atoms with van der Waals surface area (Å²) in [6, 6.07) is 69.2. The third kappa shape index (κ3) is 4.85. The van der Waals surface area contributed by atoms with E-state index in [4.69, 9.17) is 9.97 Å². The lowest BCUT2D eigenvalue weighted by atomic mass is 9.67. The van der Waals surface area contributed by atoms with Crippen molar-refractivity contribution in [1.82, 2.24) is 9.97 Å². The number of hydrogen-bond acceptors (Lipinski definition) is 4. The normalized spacial score (nSPS) is 13.1. The molecule has 0 fully saturated rings. The van der Waals surface area contributed by atoms with Gasteiger partial charge in [-0.3, -0.25) is 0 Å². The van der Waals surface area contributed by atoms with Crippen molar-refractivity contribution in [3.8, 4) is 62.2 Å². The van der Waals surface area contributed by atoms with E-state index in [1.165, 1.54) is 43.2 Å². The van der Waals surface area contributed by atoms with Crippen molar-refractivity contribution >= 4 is 22.5 Å². The topological polar surface area (TPSA) is 49.6 Å². The van der Waals surface area contributed by atoms with Crippen LogP contribution in [0.4, 0.5) is 0 Å². The fourth-order valence-corrected chi connectivity index (χ4v) is 10.1. The van der Waals surface area contributed by atoms with Crippen molar-refractivity contribution in [2.75, 3.05) is 0 Å². The molecule has 0 unspecified atom stereocenters. The zero-order chi connectivity index (χ0) is 37.2. The number of rotatable bonds is 4. The van der Waals surface area contributed by atoms with Gasteiger partial charge in [-0.1, -0.05) is 163 Å². The Morgan fingerprint density at radius 2 is 0.929 bits per heavy atom. The number of hydrogen-bond donors (Lipinski definition) is 0. The lowest BCUT2D eigenvalue weighted by molar-refractivity contribution is 0.723. The van der Waals surface area contributed by atoms with Gasteiger partial charge in [-0.2, -0.15) is 5.26 Å². The van der Waals surface area contributed by atoms with E-state index in [2.05, 4.69) is 152 Å². The number of benzene rings is 8. The molecule has 0 radical (unpaired) electrons. The average Bonchev–Trinajstić information content (AvgIpc) is 3.55. The summed E-state index contributed by atoms with van der Waals surface area (Å²) >= 11 is 1.85. The Kier molecular flexibility index (Phi) is 7.38. The summed E-state index contributed by atoms with van der Waals surface area (Å²) in [5.74, 6) is 0.699. The molecule has 0 bridgehead atoms. The molecule has 1 aromatic heterocycles. The Labute approximate surface area is 329 Å². The summed E-state index contributed by atoms with van der Waals surface area (Å²) in [5.41, 5.74) is 14.7. The molecule has 2 heterocycles. The van der Waals surface area contributed by atoms with Crippen molar-refractivity contribution in [1.29, 1.82) is 5.26 Å². The lowest BCUT2D eigenvalue weighted by Gasteiger charge is -2.40. The van der Waals surface area contributed by atoms with Crippen LogP contribution in [0.25, 0.3) is 66.9 Å². The van der Waals surface area contributed by atoms with E-state index in [0.717, 1.165) is 50.0 Å². The highest BCUT2D eigenvalue weighted by Crippen LogP contribution is 2.63. The first-order chi connectivity index (χ1) is 27.7. The van der Waals surface area contributed by atoms with Gasteiger partial charge in [0.25, 0.3) is 0 Å². The van der Waals surface area contributed by atoms with Gasteiger partial charge >= 0.3 is 0 Å². The number of nitriles is 1. The van der Waals surface area contributed by atoms with Gasteiger partial charge in [0.2, 0.25) is 0 Å². The molecule has 0 N–H and O–H groups in total. The van der Waals surface area contributed by atoms with Gasteiger partial charge in [0.15, 0.2) is 5.82 Å². The number of aromatic nitrogens is 2. The molecule has 3 nitrogen and oxygen atoms in total. The zero-order valence-electron chi connectivity index (χ0n) is 30.1. The maximum Gasteiger partial charge on any atom is 0.160 e. The molecule has 56 heavy (non-hydrogen) atoms. The number of fused-ring (bicyclic) bond motifs is 10. The fraction of sp³-hybridized carbons (Fsp3) is 0.0192. The van der Waals surface area contributed by atoms with Crippen LogP contribution in [0.3, 0.4) is 0 Å². The van der Waals surface area contributed by atoms with Gasteiger partial charge in [0, 0.05) is 31.9 Å². The fourth-order valence-electron chi connectivity index (χ4n) is 8.94. The summed E-state index contributed by atoms with van der Waals surface area (Å²) < 4.78 is 0. The molecule has 260 valence electrons. The van der Waals surface area contributed by atoms with Gasteiger partial charge in [0.1, 0.15) is 0 Å². The highest BCUT2D eigenvalue weighted by atomic mass is 32.2. The maximum atomic E-state index is 9.97. The highest BCUT2D eigenvalue weighted by Gasteiger charge is 2.50. The van der Waals surface area contributed by atoms with E-state index in [0.29, 0.717) is 11.4 Å². The van der Waals surface area contributed by atoms with Crippen molar-refractivity contribution in [2.24, 2.45) is 0 Å². The Morgan fingerprint density at radius 3 is 1.59 bits per heavy atom. The monoisotopic (exact) mass is 729 g/mol. The number of nitrogens with zero attached hydrogens (tertiary/aromatic N) is 3. The van der Waals surface area contributed by atoms with E-state index in [1.807, 2.05) is 54.2 Å². The van der Waals surface area contributed by atoms with E-state index in [9.17, 15) is 5.26 Å². The van der Waals surface area contributed by atoms with E-state index in [-0.39, 0.29) is 0 Å². The summed E-state index contributed by atoms with van der Waals surface area (Å²) in [7, 11) is 0. The molecule has 8 aromatic carbocycles. The standard InChI is InChI=1S/C52H31N3S/c53-32-37-25-26-39(40-18-8-7-17-38(37)40)35-23-27-41-42-28-24-36(48-31-47(33-13-3-1-4-14-33)54-51(55-48)34-15-5-2-6-16-34)30-46(42)52(45(41)29-35)43-19-9-11-21-49(43)56-50-22-12-10-20-44(50)52/h1-31H. The third-order valence-electron chi connectivity index (χ3n) is 11.4. The van der Waals surface area contributed by atoms with E-state index < -0.39 is 5.41 Å². The Balaban J connectivity index is 1.19. The molecule has 2 aliphatic rings. The Bertz CT molecular complexity index is 2970. The van der Waals surface area contributed by atoms with Gasteiger partial charge in [-0.25, -0.2) is 9.97 Å². The Hall–Kier alpha value is -7.06. The smallest absolute Gasteiger partial charge is 0.160 e. The molecule has 11 rings (SSSR count). The quantitative estimate of drug-likeness (QED) is 0.181. The predicted molar refractivity (Wildman–Crippen MR) is 227 cm³/mol. The van der Waals surface area contributed by atoms with Crippen LogP contribution in [0.1, 0.15) is 27.8 Å². The van der Waals surface area contributed by atoms with Gasteiger partial charge in [-0.15, -0.1) is 0 Å². The second-order valence-corrected chi connectivity index (χ2v) is 15.5. The van der Waals surface area contributed by atoms with Crippen LogP contribution in [0.5, 0.6) is 0 Å². The second-order valence-electron chi connectivity index (χ2n) is 14.4. The minimum Gasteiger partial charge on any atom is -0.228 e. The van der Waals surface area contributed by atoms with Crippen LogP contribution in [0, 0.1) is 11.3 Å². The van der Waals surface area contributed by atoms with Gasteiger partial charge in [0.05, 0.1) is 28.4 Å². The molecule has 0 atom stereocenters. The van der Waals surface area contributed by atoms with Crippen molar-refractivity contribution < 1.29 is 0 Å². The average molecular weight is 730 g/mol. The molecule has 0 saturated heterocycles. The molecular formula is C52H31N3S. The van der Waals surface area contributed by atoms with Crippen molar-refractivity contribution in [2.45, 2.75) is 15.2 Å². The van der Waals surface area contributed by atoms with Crippen LogP contribution in [0.2, 0.25) is 0 Å². The van der Waals surface area contributed by atoms with Crippen LogP contribution >= 0.6 is 11.8 Å². The lowest BCUT2D eigenvalue weighted by Crippen LogP contribution is -2.32. The molecule has 1 aliphatic carbocycles. The van der Waals surface area contributed by atoms with Crippen molar-refractivity contribution in [3.63, 3.8) is 0 Å². The molecular weight excluding hydrogens is 699 g/mol. The molecule has 9 aromatic rings. The third-order valence-corrected chi connectivity index (χ3v) is 12.6. The van der Waals surface area contributed by atoms with Gasteiger partial charge in [-0.05, 0) is 86.3 Å². The van der Waals surface area contributed by atoms with Gasteiger partial charge < -0.3 is 0 Å². The minimum absolute atomic E-state index is 0.588. The van der Waals surface area contributed by atoms with Crippen LogP contribution < -0.4 is 0 Å². The van der Waals surface area contributed by atoms with Crippen LogP contribution in [0.15, 0.2) is 198 Å². The summed E-state index contributed by atoms with van der Waals surface area (Å²) in [6.07, 6.45) is 0. The SMILES string of the molecule is N#Cc1ccc(-c2ccc3c(c2)C2(c4ccccc4Sc4ccccc42)c2cc(-c4cc(-c5ccccc5)nc(-c5ccccc5)n4)ccc2-3)c2ccccc12. The van der Waals surface area contributed by atoms with E-state index >= 15 is 0 Å². The molecule has 1 aliphatic heterocycles. The van der Waals surface area contributed by atoms with E-state index in [1.54, 1.807) is 0 Å². The largest absolute Gasteiger partial charge is 0.228 e. The molecule has 0 saturated carbocycles. The summed E-state index contributed by atoms with van der Waals surface area (Å²) in [4.78, 5) is 12.8. The maximum absolute atomic E-state index is 9.97. The predicted octanol–water partition coefficient (Wildman–Crippen LogP) is 13.0. The zero-order valence-corrected chi connectivity index (χ0v) is 31.0. The highest BCUT2D eigenvalue weighted by molar-refractivity contribution is 7.99. The minimum atomic E-state index is -0.588. The molecule has 1 spiro atoms. The van der Waals surface area contributed by atoms with Crippen molar-refractivity contribution in [3.05, 3.63) is 216 Å². The van der Waals surface area contributed by atoms with Crippen LogP contribution in [-0.4, -0.2) is 9.97 Å². The second kappa shape index (κ2) is 12.8. The van der Waals surface area contributed by atoms with Crippen LogP contribution in [-0.2, 0) is 5.41 Å². The molecule has 4 heteroatoms. The Morgan fingerprint density at radius 1 is 0.411 bits per heavy atom. The molecule has 0 amide bonds. The first kappa shape index (κ1) is 32.4. The summed E-state index contributed by atoms with van der Waals surface area (Å²) in [5, 5.41) is 12.0. The first-order valence-corrected chi connectivity index (χ1v) is 19.6.